The zero-order valence-electron chi connectivity index (χ0n) is 11.6. The fourth-order valence-electron chi connectivity index (χ4n) is 1.95. The molecule has 0 N–H and O–H groups in total. The molecule has 0 atom stereocenters. The van der Waals surface area contributed by atoms with Crippen molar-refractivity contribution < 1.29 is 22.9 Å². The van der Waals surface area contributed by atoms with E-state index >= 15 is 0 Å². The first-order chi connectivity index (χ1) is 9.65. The first-order valence-electron chi connectivity index (χ1n) is 6.26. The zero-order chi connectivity index (χ0) is 16.2. The largest absolute Gasteiger partial charge is 0.405 e. The molecular formula is C13H15F3N2O3. The van der Waals surface area contributed by atoms with Crippen LogP contribution >= 0.6 is 0 Å². The highest BCUT2D eigenvalue weighted by molar-refractivity contribution is 5.99. The third-order valence-electron chi connectivity index (χ3n) is 2.78. The normalized spacial score (nSPS) is 11.3. The second-order valence-corrected chi connectivity index (χ2v) is 4.55. The number of carbonyl (C=O) groups is 1. The van der Waals surface area contributed by atoms with Crippen LogP contribution in [0.1, 0.15) is 30.6 Å². The number of Topliss-reactive ketones (excluding diaryl/α,β-unsaturated/α-hetero) is 1. The molecule has 8 heteroatoms. The molecular weight excluding hydrogens is 289 g/mol. The molecule has 0 fully saturated rings. The second-order valence-electron chi connectivity index (χ2n) is 4.55. The summed E-state index contributed by atoms with van der Waals surface area (Å²) in [5, 5.41) is 10.8. The summed E-state index contributed by atoms with van der Waals surface area (Å²) >= 11 is 0. The van der Waals surface area contributed by atoms with Gasteiger partial charge >= 0.3 is 6.18 Å². The fraction of sp³-hybridized carbons (Fsp3) is 0.462. The Bertz CT molecular complexity index is 544. The molecule has 1 rings (SSSR count). The highest BCUT2D eigenvalue weighted by atomic mass is 19.4. The second kappa shape index (κ2) is 6.55. The molecule has 0 saturated carbocycles. The standard InChI is InChI=1S/C13H15F3N2O3/c1-3-6-17(8-13(14,15)16)10-4-5-12(18(20)21)11(7-10)9(2)19/h4-5,7H,3,6,8H2,1-2H3. The topological polar surface area (TPSA) is 63.4 Å². The summed E-state index contributed by atoms with van der Waals surface area (Å²) in [6.45, 7) is 1.82. The van der Waals surface area contributed by atoms with Crippen molar-refractivity contribution in [2.45, 2.75) is 26.4 Å². The summed E-state index contributed by atoms with van der Waals surface area (Å²) in [5.41, 5.74) is -0.458. The predicted octanol–water partition coefficient (Wildman–Crippen LogP) is 3.58. The van der Waals surface area contributed by atoms with E-state index in [-0.39, 0.29) is 17.8 Å². The lowest BCUT2D eigenvalue weighted by Crippen LogP contribution is -2.35. The number of ketones is 1. The summed E-state index contributed by atoms with van der Waals surface area (Å²) in [6.07, 6.45) is -3.92. The number of hydrogen-bond acceptors (Lipinski definition) is 4. The van der Waals surface area contributed by atoms with Crippen molar-refractivity contribution in [1.29, 1.82) is 0 Å². The molecule has 5 nitrogen and oxygen atoms in total. The molecule has 0 amide bonds. The maximum absolute atomic E-state index is 12.6. The molecule has 0 radical (unpaired) electrons. The Balaban J connectivity index is 3.24. The number of hydrogen-bond donors (Lipinski definition) is 0. The van der Waals surface area contributed by atoms with E-state index in [9.17, 15) is 28.1 Å². The monoisotopic (exact) mass is 304 g/mol. The highest BCUT2D eigenvalue weighted by Crippen LogP contribution is 2.28. The van der Waals surface area contributed by atoms with Crippen LogP contribution in [0, 0.1) is 10.1 Å². The quantitative estimate of drug-likeness (QED) is 0.458. The van der Waals surface area contributed by atoms with Crippen LogP contribution < -0.4 is 4.90 Å². The Hall–Kier alpha value is -2.12. The molecule has 0 unspecified atom stereocenters. The third-order valence-corrected chi connectivity index (χ3v) is 2.78. The van der Waals surface area contributed by atoms with Crippen molar-refractivity contribution in [3.8, 4) is 0 Å². The highest BCUT2D eigenvalue weighted by Gasteiger charge is 2.31. The number of rotatable bonds is 6. The van der Waals surface area contributed by atoms with Crippen LogP contribution in [0.3, 0.4) is 0 Å². The van der Waals surface area contributed by atoms with Gasteiger partial charge in [-0.05, 0) is 25.5 Å². The Morgan fingerprint density at radius 1 is 1.38 bits per heavy atom. The molecule has 0 aliphatic heterocycles. The van der Waals surface area contributed by atoms with Crippen molar-refractivity contribution in [1.82, 2.24) is 0 Å². The Labute approximate surface area is 119 Å². The maximum atomic E-state index is 12.6. The van der Waals surface area contributed by atoms with E-state index in [0.717, 1.165) is 24.0 Å². The summed E-state index contributed by atoms with van der Waals surface area (Å²) < 4.78 is 37.7. The number of nitro groups is 1. The van der Waals surface area contributed by atoms with Crippen LogP contribution in [-0.4, -0.2) is 30.0 Å². The van der Waals surface area contributed by atoms with Crippen LogP contribution in [0.15, 0.2) is 18.2 Å². The SMILES string of the molecule is CCCN(CC(F)(F)F)c1ccc([N+](=O)[O-])c(C(C)=O)c1. The van der Waals surface area contributed by atoms with Gasteiger partial charge in [0.2, 0.25) is 0 Å². The number of carbonyl (C=O) groups excluding carboxylic acids is 1. The van der Waals surface area contributed by atoms with E-state index in [1.807, 2.05) is 0 Å². The first-order valence-corrected chi connectivity index (χ1v) is 6.26. The Kier molecular flexibility index (Phi) is 5.28. The van der Waals surface area contributed by atoms with E-state index in [0.29, 0.717) is 6.42 Å². The van der Waals surface area contributed by atoms with Gasteiger partial charge in [-0.25, -0.2) is 0 Å². The lowest BCUT2D eigenvalue weighted by atomic mass is 10.1. The van der Waals surface area contributed by atoms with Crippen LogP contribution in [0.2, 0.25) is 0 Å². The van der Waals surface area contributed by atoms with Gasteiger partial charge in [0, 0.05) is 18.3 Å². The van der Waals surface area contributed by atoms with Gasteiger partial charge in [-0.15, -0.1) is 0 Å². The van der Waals surface area contributed by atoms with Crippen molar-refractivity contribution in [2.75, 3.05) is 18.0 Å². The molecule has 0 aromatic heterocycles. The van der Waals surface area contributed by atoms with Gasteiger partial charge in [0.15, 0.2) is 5.78 Å². The molecule has 1 aromatic rings. The fourth-order valence-corrected chi connectivity index (χ4v) is 1.95. The number of nitro benzene ring substituents is 1. The van der Waals surface area contributed by atoms with E-state index in [4.69, 9.17) is 0 Å². The first kappa shape index (κ1) is 16.9. The van der Waals surface area contributed by atoms with Crippen LogP contribution in [0.5, 0.6) is 0 Å². The number of anilines is 1. The van der Waals surface area contributed by atoms with E-state index in [2.05, 4.69) is 0 Å². The van der Waals surface area contributed by atoms with Gasteiger partial charge < -0.3 is 4.90 Å². The van der Waals surface area contributed by atoms with E-state index < -0.39 is 29.1 Å². The Morgan fingerprint density at radius 2 is 2.00 bits per heavy atom. The van der Waals surface area contributed by atoms with Gasteiger partial charge in [0.25, 0.3) is 5.69 Å². The average molecular weight is 304 g/mol. The number of alkyl halides is 3. The molecule has 0 aliphatic rings. The average Bonchev–Trinajstić information content (AvgIpc) is 2.35. The molecule has 0 aliphatic carbocycles. The van der Waals surface area contributed by atoms with Gasteiger partial charge in [0.1, 0.15) is 6.54 Å². The van der Waals surface area contributed by atoms with Gasteiger partial charge in [-0.2, -0.15) is 13.2 Å². The molecule has 0 heterocycles. The lowest BCUT2D eigenvalue weighted by molar-refractivity contribution is -0.385. The maximum Gasteiger partial charge on any atom is 0.405 e. The molecule has 1 aromatic carbocycles. The minimum atomic E-state index is -4.40. The smallest absolute Gasteiger partial charge is 0.363 e. The predicted molar refractivity (Wildman–Crippen MR) is 71.7 cm³/mol. The van der Waals surface area contributed by atoms with Crippen molar-refractivity contribution in [3.63, 3.8) is 0 Å². The molecule has 0 bridgehead atoms. The molecule has 116 valence electrons. The van der Waals surface area contributed by atoms with Crippen molar-refractivity contribution in [2.24, 2.45) is 0 Å². The third kappa shape index (κ3) is 4.73. The minimum Gasteiger partial charge on any atom is -0.363 e. The lowest BCUT2D eigenvalue weighted by Gasteiger charge is -2.25. The zero-order valence-corrected chi connectivity index (χ0v) is 11.6. The summed E-state index contributed by atoms with van der Waals surface area (Å²) in [7, 11) is 0. The molecule has 0 saturated heterocycles. The van der Waals surface area contributed by atoms with Gasteiger partial charge in [-0.3, -0.25) is 14.9 Å². The van der Waals surface area contributed by atoms with Crippen molar-refractivity contribution in [3.05, 3.63) is 33.9 Å². The van der Waals surface area contributed by atoms with Crippen molar-refractivity contribution >= 4 is 17.2 Å². The molecule has 21 heavy (non-hydrogen) atoms. The summed E-state index contributed by atoms with van der Waals surface area (Å²) in [6, 6.07) is 3.43. The van der Waals surface area contributed by atoms with E-state index in [1.54, 1.807) is 6.92 Å². The van der Waals surface area contributed by atoms with Crippen LogP contribution in [0.25, 0.3) is 0 Å². The number of benzene rings is 1. The molecule has 0 spiro atoms. The summed E-state index contributed by atoms with van der Waals surface area (Å²) in [4.78, 5) is 22.6. The number of halogens is 3. The van der Waals surface area contributed by atoms with Crippen LogP contribution in [-0.2, 0) is 0 Å². The number of nitrogens with zero attached hydrogens (tertiary/aromatic N) is 2. The Morgan fingerprint density at radius 3 is 2.43 bits per heavy atom. The minimum absolute atomic E-state index is 0.134. The van der Waals surface area contributed by atoms with E-state index in [1.165, 1.54) is 6.07 Å². The van der Waals surface area contributed by atoms with Crippen LogP contribution in [0.4, 0.5) is 24.5 Å². The van der Waals surface area contributed by atoms with Gasteiger partial charge in [0.05, 0.1) is 10.5 Å². The van der Waals surface area contributed by atoms with Gasteiger partial charge in [-0.1, -0.05) is 6.92 Å². The summed E-state index contributed by atoms with van der Waals surface area (Å²) in [5.74, 6) is -0.563.